The minimum atomic E-state index is -0.119. The number of fused-ring (bicyclic) bond motifs is 1. The van der Waals surface area contributed by atoms with Gasteiger partial charge in [-0.05, 0) is 85.6 Å². The Hall–Kier alpha value is -3.73. The highest BCUT2D eigenvalue weighted by Crippen LogP contribution is 2.36. The molecule has 0 spiro atoms. The number of carbonyl (C=O) groups excluding carboxylic acids is 1. The summed E-state index contributed by atoms with van der Waals surface area (Å²) in [5.41, 5.74) is 12.4. The van der Waals surface area contributed by atoms with E-state index in [1.165, 1.54) is 0 Å². The van der Waals surface area contributed by atoms with Crippen LogP contribution in [-0.2, 0) is 0 Å². The van der Waals surface area contributed by atoms with Crippen LogP contribution in [0.4, 0.5) is 28.4 Å². The molecule has 1 amide bonds. The highest BCUT2D eigenvalue weighted by molar-refractivity contribution is 6.04. The molecule has 158 valence electrons. The van der Waals surface area contributed by atoms with E-state index in [0.29, 0.717) is 11.6 Å². The largest absolute Gasteiger partial charge is 0.399 e. The van der Waals surface area contributed by atoms with E-state index in [2.05, 4.69) is 35.4 Å². The van der Waals surface area contributed by atoms with E-state index in [0.717, 1.165) is 40.4 Å². The van der Waals surface area contributed by atoms with Gasteiger partial charge < -0.3 is 20.9 Å². The molecule has 3 aromatic rings. The molecular weight excluding hydrogens is 384 g/mol. The summed E-state index contributed by atoms with van der Waals surface area (Å²) >= 11 is 0. The first-order chi connectivity index (χ1) is 14.9. The minimum absolute atomic E-state index is 0.119. The number of rotatable bonds is 4. The maximum Gasteiger partial charge on any atom is 0.255 e. The molecule has 31 heavy (non-hydrogen) atoms. The molecule has 0 saturated carbocycles. The zero-order valence-electron chi connectivity index (χ0n) is 18.2. The topological polar surface area (TPSA) is 61.6 Å². The van der Waals surface area contributed by atoms with E-state index >= 15 is 0 Å². The average Bonchev–Trinajstić information content (AvgIpc) is 2.92. The fourth-order valence-corrected chi connectivity index (χ4v) is 3.86. The van der Waals surface area contributed by atoms with Gasteiger partial charge in [0.2, 0.25) is 0 Å². The van der Waals surface area contributed by atoms with Gasteiger partial charge in [-0.1, -0.05) is 12.2 Å². The Morgan fingerprint density at radius 2 is 1.74 bits per heavy atom. The molecule has 1 unspecified atom stereocenters. The molecule has 3 N–H and O–H groups in total. The molecule has 3 aromatic carbocycles. The summed E-state index contributed by atoms with van der Waals surface area (Å²) < 4.78 is 0. The fourth-order valence-electron chi connectivity index (χ4n) is 3.86. The zero-order valence-corrected chi connectivity index (χ0v) is 18.2. The monoisotopic (exact) mass is 412 g/mol. The van der Waals surface area contributed by atoms with Crippen molar-refractivity contribution in [3.05, 3.63) is 83.9 Å². The van der Waals surface area contributed by atoms with Crippen LogP contribution < -0.4 is 20.9 Å². The van der Waals surface area contributed by atoms with Crippen LogP contribution in [0.2, 0.25) is 0 Å². The van der Waals surface area contributed by atoms with Crippen LogP contribution in [0.5, 0.6) is 0 Å². The number of benzene rings is 3. The third kappa shape index (κ3) is 4.40. The van der Waals surface area contributed by atoms with Gasteiger partial charge >= 0.3 is 0 Å². The van der Waals surface area contributed by atoms with Crippen molar-refractivity contribution in [2.45, 2.75) is 19.4 Å². The Balaban J connectivity index is 1.60. The van der Waals surface area contributed by atoms with E-state index in [-0.39, 0.29) is 5.91 Å². The van der Waals surface area contributed by atoms with Crippen LogP contribution in [0.1, 0.15) is 29.3 Å². The Morgan fingerprint density at radius 1 is 1.03 bits per heavy atom. The third-order valence-corrected chi connectivity index (χ3v) is 5.58. The summed E-state index contributed by atoms with van der Waals surface area (Å²) in [4.78, 5) is 17.1. The fraction of sp³-hybridized carbons (Fsp3) is 0.192. The molecule has 5 heteroatoms. The third-order valence-electron chi connectivity index (χ3n) is 5.58. The number of hydrogen-bond donors (Lipinski definition) is 2. The lowest BCUT2D eigenvalue weighted by molar-refractivity contribution is 0.102. The lowest BCUT2D eigenvalue weighted by Crippen LogP contribution is -2.27. The predicted octanol–water partition coefficient (Wildman–Crippen LogP) is 5.53. The van der Waals surface area contributed by atoms with Gasteiger partial charge in [0.1, 0.15) is 0 Å². The second kappa shape index (κ2) is 8.56. The lowest BCUT2D eigenvalue weighted by atomic mass is 10.1. The number of amides is 1. The van der Waals surface area contributed by atoms with Crippen molar-refractivity contribution in [1.82, 2.24) is 0 Å². The maximum absolute atomic E-state index is 12.7. The molecule has 1 aliphatic rings. The summed E-state index contributed by atoms with van der Waals surface area (Å²) in [6.07, 6.45) is 5.25. The lowest BCUT2D eigenvalue weighted by Gasteiger charge is -2.31. The van der Waals surface area contributed by atoms with Gasteiger partial charge in [0.15, 0.2) is 0 Å². The summed E-state index contributed by atoms with van der Waals surface area (Å²) in [5.74, 6) is -0.119. The highest BCUT2D eigenvalue weighted by Gasteiger charge is 2.21. The van der Waals surface area contributed by atoms with E-state index in [4.69, 9.17) is 5.73 Å². The van der Waals surface area contributed by atoms with Crippen molar-refractivity contribution >= 4 is 40.4 Å². The summed E-state index contributed by atoms with van der Waals surface area (Å²) in [7, 11) is 3.96. The van der Waals surface area contributed by atoms with Gasteiger partial charge in [0.05, 0.1) is 0 Å². The highest BCUT2D eigenvalue weighted by atomic mass is 16.1. The van der Waals surface area contributed by atoms with Gasteiger partial charge in [0, 0.05) is 54.1 Å². The summed E-state index contributed by atoms with van der Waals surface area (Å²) in [6.45, 7) is 2.21. The van der Waals surface area contributed by atoms with Crippen LogP contribution >= 0.6 is 0 Å². The molecule has 0 aliphatic carbocycles. The molecule has 1 heterocycles. The standard InChI is InChI=1S/C26H28N4O/c1-18-5-4-6-20-17-22(28-26(31)19-7-12-23(13-8-19)29(2)3)11-16-25(20)30(18)24-14-9-21(27)10-15-24/h4,6-18H,5,27H2,1-3H3,(H,28,31). The Bertz CT molecular complexity index is 1100. The number of nitrogen functional groups attached to an aromatic ring is 1. The molecule has 0 aromatic heterocycles. The molecule has 4 rings (SSSR count). The number of nitrogens with one attached hydrogen (secondary N) is 1. The second-order valence-electron chi connectivity index (χ2n) is 8.12. The van der Waals surface area contributed by atoms with Crippen molar-refractivity contribution in [2.75, 3.05) is 34.9 Å². The number of nitrogens with two attached hydrogens (primary N) is 1. The number of hydrogen-bond acceptors (Lipinski definition) is 4. The Labute approximate surface area is 183 Å². The van der Waals surface area contributed by atoms with Crippen LogP contribution in [0, 0.1) is 0 Å². The van der Waals surface area contributed by atoms with Crippen molar-refractivity contribution < 1.29 is 4.79 Å². The van der Waals surface area contributed by atoms with Crippen molar-refractivity contribution in [1.29, 1.82) is 0 Å². The maximum atomic E-state index is 12.7. The van der Waals surface area contributed by atoms with Crippen LogP contribution in [-0.4, -0.2) is 26.0 Å². The normalized spacial score (nSPS) is 15.2. The number of carbonyl (C=O) groups is 1. The summed E-state index contributed by atoms with van der Waals surface area (Å²) in [6, 6.07) is 21.9. The first-order valence-electron chi connectivity index (χ1n) is 10.5. The first-order valence-corrected chi connectivity index (χ1v) is 10.5. The minimum Gasteiger partial charge on any atom is -0.399 e. The SMILES string of the molecule is CC1CC=Cc2cc(NC(=O)c3ccc(N(C)C)cc3)ccc2N1c1ccc(N)cc1. The van der Waals surface area contributed by atoms with Crippen LogP contribution in [0.25, 0.3) is 6.08 Å². The van der Waals surface area contributed by atoms with Crippen molar-refractivity contribution in [2.24, 2.45) is 0 Å². The summed E-state index contributed by atoms with van der Waals surface area (Å²) in [5, 5.41) is 3.03. The van der Waals surface area contributed by atoms with E-state index < -0.39 is 0 Å². The molecular formula is C26H28N4O. The van der Waals surface area contributed by atoms with Crippen LogP contribution in [0.15, 0.2) is 72.8 Å². The van der Waals surface area contributed by atoms with E-state index in [1.54, 1.807) is 0 Å². The van der Waals surface area contributed by atoms with Gasteiger partial charge in [-0.3, -0.25) is 4.79 Å². The Morgan fingerprint density at radius 3 is 2.42 bits per heavy atom. The molecule has 0 radical (unpaired) electrons. The van der Waals surface area contributed by atoms with Gasteiger partial charge in [-0.25, -0.2) is 0 Å². The molecule has 0 fully saturated rings. The predicted molar refractivity (Wildman–Crippen MR) is 131 cm³/mol. The quantitative estimate of drug-likeness (QED) is 0.553. The second-order valence-corrected chi connectivity index (χ2v) is 8.12. The van der Waals surface area contributed by atoms with E-state index in [9.17, 15) is 4.79 Å². The molecule has 5 nitrogen and oxygen atoms in total. The number of nitrogens with zero attached hydrogens (tertiary/aromatic N) is 2. The average molecular weight is 413 g/mol. The first kappa shape index (κ1) is 20.5. The van der Waals surface area contributed by atoms with Crippen LogP contribution in [0.3, 0.4) is 0 Å². The van der Waals surface area contributed by atoms with Crippen molar-refractivity contribution in [3.8, 4) is 0 Å². The number of anilines is 5. The molecule has 1 aliphatic heterocycles. The van der Waals surface area contributed by atoms with E-state index in [1.807, 2.05) is 79.7 Å². The molecule has 0 bridgehead atoms. The molecule has 0 saturated heterocycles. The van der Waals surface area contributed by atoms with Gasteiger partial charge in [-0.2, -0.15) is 0 Å². The Kier molecular flexibility index (Phi) is 5.67. The zero-order chi connectivity index (χ0) is 22.0. The molecule has 1 atom stereocenters. The van der Waals surface area contributed by atoms with Gasteiger partial charge in [-0.15, -0.1) is 0 Å². The smallest absolute Gasteiger partial charge is 0.255 e. The van der Waals surface area contributed by atoms with Gasteiger partial charge in [0.25, 0.3) is 5.91 Å². The van der Waals surface area contributed by atoms with Crippen molar-refractivity contribution in [3.63, 3.8) is 0 Å².